The second-order valence-electron chi connectivity index (χ2n) is 9.52. The fourth-order valence-corrected chi connectivity index (χ4v) is 5.61. The quantitative estimate of drug-likeness (QED) is 0.0744. The molecule has 1 nitrogen and oxygen atoms in total. The van der Waals surface area contributed by atoms with Gasteiger partial charge in [-0.25, -0.2) is 8.78 Å². The topological polar surface area (TPSA) is 21.4 Å². The van der Waals surface area contributed by atoms with Crippen LogP contribution >= 0.6 is 31.3 Å². The van der Waals surface area contributed by atoms with Gasteiger partial charge in [0.25, 0.3) is 0 Å². The van der Waals surface area contributed by atoms with Gasteiger partial charge < -0.3 is 0 Å². The number of carbonyl (C=O) groups excluding carboxylic acids is 1. The molecule has 0 aliphatic heterocycles. The van der Waals surface area contributed by atoms with Gasteiger partial charge in [-0.05, 0) is 109 Å². The van der Waals surface area contributed by atoms with Crippen LogP contribution in [-0.4, -0.2) is 10.6 Å². The number of rotatable bonds is 7. The van der Waals surface area contributed by atoms with E-state index in [1.807, 2.05) is 79.7 Å². The van der Waals surface area contributed by atoms with E-state index in [1.165, 1.54) is 36.0 Å². The van der Waals surface area contributed by atoms with Crippen molar-refractivity contribution in [2.24, 2.45) is 0 Å². The summed E-state index contributed by atoms with van der Waals surface area (Å²) in [5.41, 5.74) is 4.39. The first-order chi connectivity index (χ1) is 20.4. The first-order valence-electron chi connectivity index (χ1n) is 12.7. The molecule has 0 amide bonds. The van der Waals surface area contributed by atoms with Gasteiger partial charge in [-0.2, -0.15) is 0 Å². The Labute approximate surface area is 256 Å². The van der Waals surface area contributed by atoms with Crippen molar-refractivity contribution in [1.82, 2.24) is 0 Å². The summed E-state index contributed by atoms with van der Waals surface area (Å²) in [6.45, 7) is 2.02. The zero-order chi connectivity index (χ0) is 32.2. The predicted molar refractivity (Wildman–Crippen MR) is 163 cm³/mol. The summed E-state index contributed by atoms with van der Waals surface area (Å²) in [7, 11) is -10.7. The monoisotopic (exact) mass is 670 g/mol. The molecule has 0 aliphatic rings. The van der Waals surface area contributed by atoms with E-state index >= 15 is 0 Å². The van der Waals surface area contributed by atoms with E-state index in [0.29, 0.717) is 0 Å². The summed E-state index contributed by atoms with van der Waals surface area (Å²) in [5.74, 6) is -0.333. The number of aryl methyl sites for hydroxylation is 1. The van der Waals surface area contributed by atoms with Gasteiger partial charge in [-0.3, -0.25) is 4.79 Å². The fraction of sp³-hybridized carbons (Fsp3) is 0.0312. The zero-order valence-corrected chi connectivity index (χ0v) is 25.2. The van der Waals surface area contributed by atoms with Crippen LogP contribution in [0.5, 0.6) is 0 Å². The van der Waals surface area contributed by atoms with Crippen LogP contribution in [0.25, 0.3) is 11.1 Å². The average molecular weight is 671 g/mol. The molecule has 0 heterocycles. The minimum absolute atomic E-state index is 0.255. The van der Waals surface area contributed by atoms with E-state index in [2.05, 4.69) is 0 Å². The van der Waals surface area contributed by atoms with Gasteiger partial charge in [0.1, 0.15) is 11.6 Å². The average Bonchev–Trinajstić information content (AvgIpc) is 2.94. The van der Waals surface area contributed by atoms with Gasteiger partial charge in [0, 0.05) is 19.6 Å². The summed E-state index contributed by atoms with van der Waals surface area (Å²) >= 11 is 3.09. The molecule has 12 heteroatoms. The SMILES string of the molecule is Cc1ccc(C(=[OH+])c2ccc(Sc3ccc(-c4cc(F)ccc4Sc4ccc(F)cc4)cc3)cc2)cc1.F[P-](F)(F)(F)(F)F. The molecule has 0 saturated heterocycles. The van der Waals surface area contributed by atoms with Gasteiger partial charge in [0.15, 0.2) is 0 Å². The predicted octanol–water partition coefficient (Wildman–Crippen LogP) is 12.6. The number of halogens is 8. The van der Waals surface area contributed by atoms with Crippen molar-refractivity contribution >= 4 is 37.1 Å². The summed E-state index contributed by atoms with van der Waals surface area (Å²) in [4.78, 5) is 14.5. The summed E-state index contributed by atoms with van der Waals surface area (Å²) < 4.78 is 86.6. The van der Waals surface area contributed by atoms with Crippen molar-refractivity contribution in [3.05, 3.63) is 144 Å². The van der Waals surface area contributed by atoms with Gasteiger partial charge >= 0.3 is 38.8 Å². The molecule has 0 atom stereocenters. The second-order valence-corrected chi connectivity index (χ2v) is 13.7. The molecule has 0 radical (unpaired) electrons. The van der Waals surface area contributed by atoms with E-state index in [0.717, 1.165) is 47.4 Å². The van der Waals surface area contributed by atoms with Crippen LogP contribution in [0, 0.1) is 18.6 Å². The maximum absolute atomic E-state index is 14.1. The first-order valence-corrected chi connectivity index (χ1v) is 16.4. The Bertz CT molecular complexity index is 1750. The Morgan fingerprint density at radius 1 is 0.545 bits per heavy atom. The molecule has 0 spiro atoms. The standard InChI is InChI=1S/C32H22F2OS2.F6P/c1-21-2-4-23(5-3-21)32(35)24-8-15-28(16-9-24)36-27-13-6-22(7-14-27)30-20-26(34)12-19-31(30)37-29-17-10-25(33)11-18-29;1-7(2,3,4,5)6/h2-20H,1H3;/q;-1/p+1. The fourth-order valence-electron chi connectivity index (χ4n) is 3.84. The summed E-state index contributed by atoms with van der Waals surface area (Å²) in [6.07, 6.45) is 0. The molecule has 230 valence electrons. The van der Waals surface area contributed by atoms with Crippen molar-refractivity contribution in [2.75, 3.05) is 0 Å². The molecule has 0 saturated carbocycles. The normalized spacial score (nSPS) is 12.8. The Hall–Kier alpha value is -3.66. The molecule has 0 fully saturated rings. The van der Waals surface area contributed by atoms with Crippen LogP contribution in [0.3, 0.4) is 0 Å². The molecule has 0 aromatic heterocycles. The maximum atomic E-state index is 14.1. The molecule has 5 rings (SSSR count). The number of benzene rings is 5. The van der Waals surface area contributed by atoms with E-state index in [1.54, 1.807) is 30.0 Å². The van der Waals surface area contributed by atoms with Crippen molar-refractivity contribution in [3.8, 4) is 11.1 Å². The Morgan fingerprint density at radius 3 is 1.48 bits per heavy atom. The van der Waals surface area contributed by atoms with Crippen LogP contribution in [0.2, 0.25) is 0 Å². The molecular weight excluding hydrogens is 647 g/mol. The van der Waals surface area contributed by atoms with E-state index < -0.39 is 7.81 Å². The van der Waals surface area contributed by atoms with Crippen molar-refractivity contribution in [1.29, 1.82) is 0 Å². The molecule has 0 unspecified atom stereocenters. The van der Waals surface area contributed by atoms with Gasteiger partial charge in [0.2, 0.25) is 0 Å². The third kappa shape index (κ3) is 11.1. The Kier molecular flexibility index (Phi) is 9.35. The molecule has 0 aliphatic carbocycles. The molecule has 5 aromatic rings. The molecular formula is C32H23F8OPS2. The van der Waals surface area contributed by atoms with Crippen molar-refractivity contribution < 1.29 is 38.8 Å². The second kappa shape index (κ2) is 12.4. The van der Waals surface area contributed by atoms with Crippen LogP contribution in [0.15, 0.2) is 135 Å². The number of hydrogen-bond acceptors (Lipinski definition) is 2. The molecule has 5 aromatic carbocycles. The van der Waals surface area contributed by atoms with Gasteiger partial charge in [0.05, 0.1) is 11.1 Å². The van der Waals surface area contributed by atoms with Crippen LogP contribution in [0.4, 0.5) is 34.0 Å². The van der Waals surface area contributed by atoms with E-state index in [-0.39, 0.29) is 17.4 Å². The van der Waals surface area contributed by atoms with Crippen LogP contribution in [-0.2, 0) is 0 Å². The summed E-state index contributed by atoms with van der Waals surface area (Å²) in [6, 6.07) is 34.6. The summed E-state index contributed by atoms with van der Waals surface area (Å²) in [5, 5.41) is 0. The Morgan fingerprint density at radius 2 is 0.955 bits per heavy atom. The number of ketones is 1. The van der Waals surface area contributed by atoms with Crippen molar-refractivity contribution in [2.45, 2.75) is 26.5 Å². The third-order valence-electron chi connectivity index (χ3n) is 5.84. The first kappa shape index (κ1) is 33.2. The molecule has 0 bridgehead atoms. The zero-order valence-electron chi connectivity index (χ0n) is 22.7. The van der Waals surface area contributed by atoms with Crippen molar-refractivity contribution in [3.63, 3.8) is 0 Å². The Balaban J connectivity index is 0.000000566. The molecule has 1 N–H and O–H groups in total. The van der Waals surface area contributed by atoms with Crippen LogP contribution in [0.1, 0.15) is 16.7 Å². The molecule has 44 heavy (non-hydrogen) atoms. The minimum atomic E-state index is -10.7. The third-order valence-corrected chi connectivity index (χ3v) is 7.94. The van der Waals surface area contributed by atoms with Gasteiger partial charge in [-0.15, -0.1) is 0 Å². The van der Waals surface area contributed by atoms with Crippen LogP contribution < -0.4 is 0 Å². The van der Waals surface area contributed by atoms with E-state index in [9.17, 15) is 38.8 Å². The van der Waals surface area contributed by atoms with Gasteiger partial charge in [-0.1, -0.05) is 53.4 Å². The van der Waals surface area contributed by atoms with E-state index in [4.69, 9.17) is 0 Å². The number of hydrogen-bond donors (Lipinski definition) is 0.